The van der Waals surface area contributed by atoms with Crippen molar-refractivity contribution in [2.24, 2.45) is 5.84 Å². The number of rotatable bonds is 7. The number of carbonyl (C=O) groups excluding carboxylic acids is 1. The molecular weight excluding hydrogens is 316 g/mol. The molecule has 1 aromatic heterocycles. The summed E-state index contributed by atoms with van der Waals surface area (Å²) in [6.07, 6.45) is 1.54. The first-order valence-electron chi connectivity index (χ1n) is 5.65. The minimum absolute atomic E-state index is 0.123. The van der Waals surface area contributed by atoms with Gasteiger partial charge < -0.3 is 20.2 Å². The van der Waals surface area contributed by atoms with Crippen molar-refractivity contribution in [1.29, 1.82) is 0 Å². The molecule has 0 atom stereocenters. The number of hydrogen-bond acceptors (Lipinski definition) is 6. The summed E-state index contributed by atoms with van der Waals surface area (Å²) in [5, 5.41) is 9.01. The summed E-state index contributed by atoms with van der Waals surface area (Å²) in [4.78, 5) is 17.9. The second-order valence-electron chi connectivity index (χ2n) is 3.70. The van der Waals surface area contributed by atoms with Gasteiger partial charge in [-0.15, -0.1) is 0 Å². The van der Waals surface area contributed by atoms with E-state index in [0.29, 0.717) is 23.2 Å². The number of hydrogen-bond donors (Lipinski definition) is 3. The Hall–Kier alpha value is -1.22. The molecule has 0 saturated heterocycles. The van der Waals surface area contributed by atoms with E-state index in [1.165, 1.54) is 11.1 Å². The van der Waals surface area contributed by atoms with Crippen molar-refractivity contribution in [2.75, 3.05) is 38.8 Å². The fourth-order valence-corrected chi connectivity index (χ4v) is 1.86. The summed E-state index contributed by atoms with van der Waals surface area (Å²) >= 11 is 3.26. The number of nitrogens with zero attached hydrogens (tertiary/aromatic N) is 2. The molecule has 0 unspecified atom stereocenters. The summed E-state index contributed by atoms with van der Waals surface area (Å²) in [5.74, 6) is 5.36. The number of ether oxygens (including phenoxy) is 1. The van der Waals surface area contributed by atoms with E-state index in [2.05, 4.69) is 26.3 Å². The predicted octanol–water partition coefficient (Wildman–Crippen LogP) is 0.211. The Labute approximate surface area is 119 Å². The molecule has 0 aliphatic carbocycles. The lowest BCUT2D eigenvalue weighted by atomic mass is 10.2. The van der Waals surface area contributed by atoms with Crippen LogP contribution in [0.15, 0.2) is 16.7 Å². The van der Waals surface area contributed by atoms with Gasteiger partial charge >= 0.3 is 0 Å². The first-order valence-corrected chi connectivity index (χ1v) is 6.44. The zero-order valence-corrected chi connectivity index (χ0v) is 12.2. The van der Waals surface area contributed by atoms with E-state index in [1.807, 2.05) is 0 Å². The Morgan fingerprint density at radius 3 is 2.95 bits per heavy atom. The summed E-state index contributed by atoms with van der Waals surface area (Å²) < 4.78 is 5.62. The molecule has 0 radical (unpaired) electrons. The number of anilines is 1. The molecule has 1 heterocycles. The van der Waals surface area contributed by atoms with Crippen LogP contribution in [0, 0.1) is 0 Å². The van der Waals surface area contributed by atoms with E-state index in [4.69, 9.17) is 15.7 Å². The number of nitrogens with two attached hydrogens (primary N) is 1. The molecule has 4 N–H and O–H groups in total. The number of nitrogens with one attached hydrogen (secondary N) is 1. The third-order valence-electron chi connectivity index (χ3n) is 2.44. The monoisotopic (exact) mass is 332 g/mol. The third kappa shape index (κ3) is 4.43. The van der Waals surface area contributed by atoms with Gasteiger partial charge in [-0.1, -0.05) is 0 Å². The van der Waals surface area contributed by atoms with Crippen LogP contribution in [0.2, 0.25) is 0 Å². The highest BCUT2D eigenvalue weighted by atomic mass is 79.9. The van der Waals surface area contributed by atoms with Gasteiger partial charge in [-0.3, -0.25) is 4.79 Å². The zero-order chi connectivity index (χ0) is 14.3. The van der Waals surface area contributed by atoms with Crippen molar-refractivity contribution in [3.05, 3.63) is 22.3 Å². The van der Waals surface area contributed by atoms with Crippen LogP contribution in [0.1, 0.15) is 10.4 Å². The van der Waals surface area contributed by atoms with Gasteiger partial charge in [0.05, 0.1) is 18.8 Å². The van der Waals surface area contributed by atoms with Gasteiger partial charge in [0.15, 0.2) is 5.82 Å². The van der Waals surface area contributed by atoms with Crippen molar-refractivity contribution in [3.63, 3.8) is 0 Å². The molecule has 0 saturated carbocycles. The maximum atomic E-state index is 12.4. The molecule has 0 aliphatic heterocycles. The molecule has 0 spiro atoms. The highest BCUT2D eigenvalue weighted by Crippen LogP contribution is 2.19. The number of amides is 1. The number of nitrogen functional groups attached to an aromatic ring is 1. The van der Waals surface area contributed by atoms with Crippen molar-refractivity contribution in [2.45, 2.75) is 0 Å². The fourth-order valence-electron chi connectivity index (χ4n) is 1.52. The number of methoxy groups -OCH3 is 1. The van der Waals surface area contributed by atoms with Crippen LogP contribution < -0.4 is 11.3 Å². The Bertz CT molecular complexity index is 430. The molecule has 0 fully saturated rings. The molecule has 1 amide bonds. The molecule has 0 aliphatic rings. The number of pyridine rings is 1. The van der Waals surface area contributed by atoms with Gasteiger partial charge in [-0.25, -0.2) is 10.8 Å². The van der Waals surface area contributed by atoms with Crippen LogP contribution in [0.5, 0.6) is 0 Å². The number of aromatic nitrogens is 1. The summed E-state index contributed by atoms with van der Waals surface area (Å²) in [6.45, 7) is 0.867. The van der Waals surface area contributed by atoms with E-state index >= 15 is 0 Å². The van der Waals surface area contributed by atoms with Crippen LogP contribution in [-0.4, -0.2) is 54.3 Å². The molecule has 0 bridgehead atoms. The summed E-state index contributed by atoms with van der Waals surface area (Å²) in [6, 6.07) is 1.63. The average Bonchev–Trinajstić information content (AvgIpc) is 2.42. The quantitative estimate of drug-likeness (QED) is 0.487. The largest absolute Gasteiger partial charge is 0.395 e. The van der Waals surface area contributed by atoms with Crippen LogP contribution in [-0.2, 0) is 4.74 Å². The number of carbonyl (C=O) groups is 1. The molecule has 7 nitrogen and oxygen atoms in total. The molecule has 1 rings (SSSR count). The van der Waals surface area contributed by atoms with Gasteiger partial charge in [-0.2, -0.15) is 0 Å². The smallest absolute Gasteiger partial charge is 0.257 e. The highest BCUT2D eigenvalue weighted by Gasteiger charge is 2.19. The molecule has 106 valence electrons. The van der Waals surface area contributed by atoms with E-state index in [0.717, 1.165) is 0 Å². The lowest BCUT2D eigenvalue weighted by Crippen LogP contribution is -2.36. The second kappa shape index (κ2) is 8.05. The van der Waals surface area contributed by atoms with Crippen molar-refractivity contribution >= 4 is 27.7 Å². The Morgan fingerprint density at radius 1 is 1.63 bits per heavy atom. The van der Waals surface area contributed by atoms with Gasteiger partial charge in [0.1, 0.15) is 0 Å². The summed E-state index contributed by atoms with van der Waals surface area (Å²) in [7, 11) is 1.55. The molecule has 19 heavy (non-hydrogen) atoms. The van der Waals surface area contributed by atoms with Crippen LogP contribution in [0.3, 0.4) is 0 Å². The van der Waals surface area contributed by atoms with Gasteiger partial charge in [0, 0.05) is 30.9 Å². The van der Waals surface area contributed by atoms with Gasteiger partial charge in [0.25, 0.3) is 5.91 Å². The van der Waals surface area contributed by atoms with Crippen LogP contribution >= 0.6 is 15.9 Å². The van der Waals surface area contributed by atoms with Gasteiger partial charge in [-0.05, 0) is 22.0 Å². The van der Waals surface area contributed by atoms with E-state index in [-0.39, 0.29) is 24.9 Å². The average molecular weight is 333 g/mol. The minimum Gasteiger partial charge on any atom is -0.395 e. The third-order valence-corrected chi connectivity index (χ3v) is 2.88. The zero-order valence-electron chi connectivity index (χ0n) is 10.6. The SMILES string of the molecule is COCCN(CCO)C(=O)c1cc(Br)cnc1NN. The second-order valence-corrected chi connectivity index (χ2v) is 4.62. The molecular formula is C11H17BrN4O3. The molecule has 8 heteroatoms. The summed E-state index contributed by atoms with van der Waals surface area (Å²) in [5.41, 5.74) is 2.72. The predicted molar refractivity (Wildman–Crippen MR) is 74.6 cm³/mol. The van der Waals surface area contributed by atoms with E-state index in [9.17, 15) is 4.79 Å². The number of aliphatic hydroxyl groups is 1. The van der Waals surface area contributed by atoms with Gasteiger partial charge in [0.2, 0.25) is 0 Å². The Balaban J connectivity index is 2.97. The highest BCUT2D eigenvalue weighted by molar-refractivity contribution is 9.10. The van der Waals surface area contributed by atoms with E-state index < -0.39 is 0 Å². The maximum Gasteiger partial charge on any atom is 0.257 e. The fraction of sp³-hybridized carbons (Fsp3) is 0.455. The first kappa shape index (κ1) is 15.8. The van der Waals surface area contributed by atoms with Crippen molar-refractivity contribution < 1.29 is 14.6 Å². The van der Waals surface area contributed by atoms with Crippen LogP contribution in [0.25, 0.3) is 0 Å². The Kier molecular flexibility index (Phi) is 6.71. The minimum atomic E-state index is -0.271. The number of hydrazine groups is 1. The topological polar surface area (TPSA) is 101 Å². The van der Waals surface area contributed by atoms with Crippen molar-refractivity contribution in [1.82, 2.24) is 9.88 Å². The van der Waals surface area contributed by atoms with Crippen molar-refractivity contribution in [3.8, 4) is 0 Å². The molecule has 1 aromatic rings. The first-order chi connectivity index (χ1) is 9.13. The normalized spacial score (nSPS) is 10.3. The lowest BCUT2D eigenvalue weighted by Gasteiger charge is -2.22. The maximum absolute atomic E-state index is 12.4. The number of aliphatic hydroxyl groups excluding tert-OH is 1. The Morgan fingerprint density at radius 2 is 2.37 bits per heavy atom. The lowest BCUT2D eigenvalue weighted by molar-refractivity contribution is 0.0657. The van der Waals surface area contributed by atoms with Crippen LogP contribution in [0.4, 0.5) is 5.82 Å². The van der Waals surface area contributed by atoms with E-state index in [1.54, 1.807) is 13.2 Å². The standard InChI is InChI=1S/C11H17BrN4O3/c1-19-5-3-16(2-4-17)11(18)9-6-8(12)7-14-10(9)15-13/h6-7,17H,2-5,13H2,1H3,(H,14,15). The number of halogens is 1. The molecule has 0 aromatic carbocycles.